The van der Waals surface area contributed by atoms with E-state index in [4.69, 9.17) is 33.2 Å². The Morgan fingerprint density at radius 3 is 1.22 bits per heavy atom. The van der Waals surface area contributed by atoms with E-state index in [2.05, 4.69) is 0 Å². The van der Waals surface area contributed by atoms with Crippen molar-refractivity contribution >= 4 is 60.1 Å². The van der Waals surface area contributed by atoms with Crippen molar-refractivity contribution in [1.82, 2.24) is 0 Å². The molecule has 0 aliphatic heterocycles. The number of aliphatic hydroxyl groups is 4. The molecular formula is C52H50O24. The van der Waals surface area contributed by atoms with Crippen LogP contribution in [-0.4, -0.2) is 154 Å². The molecule has 24 nitrogen and oxygen atoms in total. The van der Waals surface area contributed by atoms with Crippen LogP contribution in [0.15, 0.2) is 97.1 Å². The average molecular weight is 1060 g/mol. The van der Waals surface area contributed by atoms with Crippen molar-refractivity contribution in [3.05, 3.63) is 119 Å². The minimum absolute atomic E-state index is 0.117. The van der Waals surface area contributed by atoms with Gasteiger partial charge in [0.05, 0.1) is 19.3 Å². The first-order chi connectivity index (χ1) is 35.9. The third kappa shape index (κ3) is 14.6. The first-order valence-electron chi connectivity index (χ1n) is 22.6. The van der Waals surface area contributed by atoms with Gasteiger partial charge < -0.3 is 89.3 Å². The predicted octanol–water partition coefficient (Wildman–Crippen LogP) is 2.68. The lowest BCUT2D eigenvalue weighted by atomic mass is 9.79. The molecule has 2 aliphatic carbocycles. The van der Waals surface area contributed by atoms with Crippen molar-refractivity contribution in [2.24, 2.45) is 0 Å². The van der Waals surface area contributed by atoms with Gasteiger partial charge in [0, 0.05) is 50.0 Å². The van der Waals surface area contributed by atoms with Crippen LogP contribution < -0.4 is 14.2 Å². The number of aromatic hydroxyl groups is 5. The zero-order valence-corrected chi connectivity index (χ0v) is 39.8. The Hall–Kier alpha value is -9.10. The lowest BCUT2D eigenvalue weighted by Gasteiger charge is -2.40. The van der Waals surface area contributed by atoms with Crippen molar-refractivity contribution in [2.45, 2.75) is 73.5 Å². The third-order valence-corrected chi connectivity index (χ3v) is 11.7. The molecule has 6 rings (SSSR count). The molecule has 2 saturated carbocycles. The van der Waals surface area contributed by atoms with Crippen LogP contribution >= 0.6 is 0 Å². The Kier molecular flexibility index (Phi) is 18.0. The average Bonchev–Trinajstić information content (AvgIpc) is 3.37. The largest absolute Gasteiger partial charge is 0.504 e. The van der Waals surface area contributed by atoms with Crippen LogP contribution in [0.2, 0.25) is 0 Å². The zero-order valence-electron chi connectivity index (χ0n) is 39.8. The lowest BCUT2D eigenvalue weighted by Crippen LogP contribution is -2.58. The summed E-state index contributed by atoms with van der Waals surface area (Å²) in [7, 11) is 1.31. The third-order valence-electron chi connectivity index (χ3n) is 11.7. The van der Waals surface area contributed by atoms with Crippen LogP contribution in [0.4, 0.5) is 0 Å². The number of carbonyl (C=O) groups excluding carboxylic acids is 4. The summed E-state index contributed by atoms with van der Waals surface area (Å²) in [5.41, 5.74) is -3.97. The Morgan fingerprint density at radius 2 is 0.829 bits per heavy atom. The van der Waals surface area contributed by atoms with E-state index in [1.54, 1.807) is 0 Å². The topological polar surface area (TPSA) is 390 Å². The monoisotopic (exact) mass is 1060 g/mol. The second-order valence-electron chi connectivity index (χ2n) is 17.3. The van der Waals surface area contributed by atoms with Crippen LogP contribution in [0.3, 0.4) is 0 Å². The minimum atomic E-state index is -2.56. The fraction of sp³-hybridized carbons (Fsp3) is 0.269. The molecular weight excluding hydrogens is 1010 g/mol. The van der Waals surface area contributed by atoms with Crippen molar-refractivity contribution in [3.8, 4) is 46.0 Å². The van der Waals surface area contributed by atoms with E-state index in [0.29, 0.717) is 5.56 Å². The Labute approximate surface area is 430 Å². The number of aliphatic hydroxyl groups excluding tert-OH is 2. The molecule has 2 fully saturated rings. The van der Waals surface area contributed by atoms with Crippen molar-refractivity contribution in [3.63, 3.8) is 0 Å². The van der Waals surface area contributed by atoms with Gasteiger partial charge in [-0.25, -0.2) is 28.8 Å². The molecule has 0 radical (unpaired) electrons. The highest BCUT2D eigenvalue weighted by Gasteiger charge is 2.53. The smallest absolute Gasteiger partial charge is 0.335 e. The maximum atomic E-state index is 13.0. The number of phenolic OH excluding ortho intramolecular Hbond substituents is 5. The SMILES string of the molecule is COc1cc(/C=C/C(=O)O[C@@H]2C[C@](O)(C(=O)O)C[C@@H](O)[C@H]2OC(=O)/C=C/c2ccc(O)c(O)c2)ccc1OCOc1cc(/C=C/C(=O)O[C@@H]2C[C@](O)(C(=O)O)C[C@@H](O)[C@H]2OC(=O)/C=C/c2ccc(O)c(O)c2)ccc1O. The highest BCUT2D eigenvalue weighted by Crippen LogP contribution is 2.36. The van der Waals surface area contributed by atoms with E-state index in [-0.39, 0.29) is 39.7 Å². The molecule has 4 aromatic rings. The maximum Gasteiger partial charge on any atom is 0.335 e. The van der Waals surface area contributed by atoms with E-state index in [0.717, 1.165) is 36.4 Å². The second kappa shape index (κ2) is 24.3. The summed E-state index contributed by atoms with van der Waals surface area (Å²) < 4.78 is 38.1. The summed E-state index contributed by atoms with van der Waals surface area (Å²) in [5.74, 6) is -9.76. The van der Waals surface area contributed by atoms with Crippen LogP contribution in [-0.2, 0) is 47.7 Å². The van der Waals surface area contributed by atoms with Gasteiger partial charge in [0.25, 0.3) is 0 Å². The summed E-state index contributed by atoms with van der Waals surface area (Å²) in [6, 6.07) is 15.6. The van der Waals surface area contributed by atoms with E-state index >= 15 is 0 Å². The number of carboxylic acid groups (broad SMARTS) is 2. The van der Waals surface area contributed by atoms with E-state index in [1.807, 2.05) is 0 Å². The highest BCUT2D eigenvalue weighted by atomic mass is 16.7. The van der Waals surface area contributed by atoms with Gasteiger partial charge in [-0.2, -0.15) is 0 Å². The minimum Gasteiger partial charge on any atom is -0.504 e. The predicted molar refractivity (Wildman–Crippen MR) is 258 cm³/mol. The molecule has 0 spiro atoms. The molecule has 4 aromatic carbocycles. The molecule has 8 atom stereocenters. The molecule has 0 unspecified atom stereocenters. The number of carboxylic acids is 2. The Balaban J connectivity index is 1.05. The molecule has 0 bridgehead atoms. The molecule has 0 aromatic heterocycles. The standard InChI is InChI=1S/C52H50O24/c1-70-40-21-30(9-15-44(61)74-42-25-52(69,50(66)67)23-37(59)48(42)76-46(63)17-7-28-3-11-32(54)35(57)19-28)5-13-38(40)71-26-72-39-20-29(4-12-33(39)55)8-14-43(60)73-41-24-51(68,49(64)65)22-36(58)47(41)75-45(62)16-6-27-2-10-31(53)34(56)18-27/h2-21,36-37,41-42,47-48,53-59,68-69H,22-26H2,1H3,(H,64,65)(H,66,67)/b14-8+,15-9+,16-6+,17-7+/t36-,37-,41-,42-,47-,48-,51+,52+/m1/s1. The zero-order chi connectivity index (χ0) is 55.5. The van der Waals surface area contributed by atoms with Gasteiger partial charge >= 0.3 is 35.8 Å². The lowest BCUT2D eigenvalue weighted by molar-refractivity contribution is -0.204. The van der Waals surface area contributed by atoms with Crippen molar-refractivity contribution < 1.29 is 118 Å². The maximum absolute atomic E-state index is 13.0. The number of esters is 4. The number of methoxy groups -OCH3 is 1. The number of aliphatic carboxylic acids is 2. The number of phenols is 5. The Morgan fingerprint density at radius 1 is 0.474 bits per heavy atom. The fourth-order valence-corrected chi connectivity index (χ4v) is 7.84. The van der Waals surface area contributed by atoms with Gasteiger partial charge in [-0.1, -0.05) is 24.3 Å². The van der Waals surface area contributed by atoms with Gasteiger partial charge in [-0.15, -0.1) is 0 Å². The first kappa shape index (κ1) is 56.2. The van der Waals surface area contributed by atoms with Gasteiger partial charge in [-0.05, 0) is 95.1 Å². The summed E-state index contributed by atoms with van der Waals surface area (Å²) in [6.07, 6.45) is -4.71. The van der Waals surface area contributed by atoms with Crippen LogP contribution in [0.25, 0.3) is 24.3 Å². The normalized spacial score (nSPS) is 23.5. The van der Waals surface area contributed by atoms with Crippen LogP contribution in [0, 0.1) is 0 Å². The van der Waals surface area contributed by atoms with Gasteiger partial charge in [0.2, 0.25) is 6.79 Å². The van der Waals surface area contributed by atoms with Gasteiger partial charge in [0.15, 0.2) is 69.4 Å². The second-order valence-corrected chi connectivity index (χ2v) is 17.3. The molecule has 11 N–H and O–H groups in total. The fourth-order valence-electron chi connectivity index (χ4n) is 7.84. The molecule has 0 saturated heterocycles. The van der Waals surface area contributed by atoms with Crippen LogP contribution in [0.1, 0.15) is 47.9 Å². The summed E-state index contributed by atoms with van der Waals surface area (Å²) in [5, 5.41) is 111. The Bertz CT molecular complexity index is 2960. The van der Waals surface area contributed by atoms with E-state index in [9.17, 15) is 84.9 Å². The van der Waals surface area contributed by atoms with Crippen molar-refractivity contribution in [1.29, 1.82) is 0 Å². The summed E-state index contributed by atoms with van der Waals surface area (Å²) >= 11 is 0. The van der Waals surface area contributed by atoms with Gasteiger partial charge in [0.1, 0.15) is 12.2 Å². The van der Waals surface area contributed by atoms with E-state index in [1.165, 1.54) is 92.1 Å². The van der Waals surface area contributed by atoms with Gasteiger partial charge in [-0.3, -0.25) is 0 Å². The highest BCUT2D eigenvalue weighted by molar-refractivity contribution is 5.90. The molecule has 76 heavy (non-hydrogen) atoms. The van der Waals surface area contributed by atoms with Crippen molar-refractivity contribution in [2.75, 3.05) is 13.9 Å². The van der Waals surface area contributed by atoms with Crippen LogP contribution in [0.5, 0.6) is 46.0 Å². The molecule has 2 aliphatic rings. The summed E-state index contributed by atoms with van der Waals surface area (Å²) in [4.78, 5) is 75.3. The molecule has 402 valence electrons. The quantitative estimate of drug-likeness (QED) is 0.0211. The summed E-state index contributed by atoms with van der Waals surface area (Å²) in [6.45, 7) is -0.526. The number of benzene rings is 4. The number of ether oxygens (including phenoxy) is 7. The first-order valence-corrected chi connectivity index (χ1v) is 22.6. The van der Waals surface area contributed by atoms with E-state index < -0.39 is 139 Å². The molecule has 24 heteroatoms. The number of hydrogen-bond acceptors (Lipinski definition) is 22. The number of carbonyl (C=O) groups is 6. The number of rotatable bonds is 19. The molecule has 0 amide bonds. The number of hydrogen-bond donors (Lipinski definition) is 11. The molecule has 0 heterocycles.